The molecule has 0 aliphatic carbocycles. The second-order valence-corrected chi connectivity index (χ2v) is 4.91. The zero-order valence-electron chi connectivity index (χ0n) is 8.49. The summed E-state index contributed by atoms with van der Waals surface area (Å²) in [5, 5.41) is 10.4. The minimum absolute atomic E-state index is 0.764. The summed E-state index contributed by atoms with van der Waals surface area (Å²) >= 11 is 4.90. The molecular formula is C9H11BrN4S. The van der Waals surface area contributed by atoms with Crippen molar-refractivity contribution in [1.82, 2.24) is 14.8 Å². The number of halogens is 1. The third-order valence-electron chi connectivity index (χ3n) is 2.02. The number of hydrogen-bond acceptors (Lipinski definition) is 4. The highest BCUT2D eigenvalue weighted by Crippen LogP contribution is 2.20. The van der Waals surface area contributed by atoms with E-state index in [2.05, 4.69) is 31.3 Å². The van der Waals surface area contributed by atoms with Crippen LogP contribution in [0.25, 0.3) is 0 Å². The Bertz CT molecular complexity index is 462. The molecule has 2 heterocycles. The first kappa shape index (κ1) is 10.6. The van der Waals surface area contributed by atoms with E-state index >= 15 is 0 Å². The molecule has 4 nitrogen and oxygen atoms in total. The molecule has 6 heteroatoms. The Morgan fingerprint density at radius 1 is 1.60 bits per heavy atom. The monoisotopic (exact) mass is 286 g/mol. The van der Waals surface area contributed by atoms with E-state index in [0.29, 0.717) is 0 Å². The first-order chi connectivity index (χ1) is 7.15. The molecule has 2 rings (SSSR count). The van der Waals surface area contributed by atoms with E-state index in [0.717, 1.165) is 22.0 Å². The molecule has 2 aromatic heterocycles. The maximum absolute atomic E-state index is 4.28. The van der Waals surface area contributed by atoms with Crippen molar-refractivity contribution in [2.24, 2.45) is 7.05 Å². The van der Waals surface area contributed by atoms with Gasteiger partial charge in [0.2, 0.25) is 0 Å². The van der Waals surface area contributed by atoms with Gasteiger partial charge in [0, 0.05) is 30.7 Å². The van der Waals surface area contributed by atoms with Crippen LogP contribution in [0.5, 0.6) is 0 Å². The van der Waals surface area contributed by atoms with Gasteiger partial charge in [-0.25, -0.2) is 4.98 Å². The summed E-state index contributed by atoms with van der Waals surface area (Å²) in [4.78, 5) is 4.26. The molecule has 0 aliphatic heterocycles. The van der Waals surface area contributed by atoms with Crippen molar-refractivity contribution in [3.05, 3.63) is 27.4 Å². The fraction of sp³-hybridized carbons (Fsp3) is 0.333. The Hall–Kier alpha value is -0.880. The maximum atomic E-state index is 4.28. The zero-order valence-corrected chi connectivity index (χ0v) is 10.9. The average Bonchev–Trinajstić information content (AvgIpc) is 2.70. The Balaban J connectivity index is 2.01. The minimum atomic E-state index is 0.764. The van der Waals surface area contributed by atoms with Crippen molar-refractivity contribution in [2.45, 2.75) is 13.5 Å². The first-order valence-corrected chi connectivity index (χ1v) is 6.16. The van der Waals surface area contributed by atoms with E-state index in [9.17, 15) is 0 Å². The summed E-state index contributed by atoms with van der Waals surface area (Å²) < 4.78 is 2.70. The number of aryl methyl sites for hydroxylation is 2. The second kappa shape index (κ2) is 4.32. The normalized spacial score (nSPS) is 10.6. The van der Waals surface area contributed by atoms with Gasteiger partial charge in [-0.05, 0) is 22.9 Å². The van der Waals surface area contributed by atoms with Crippen molar-refractivity contribution in [2.75, 3.05) is 5.32 Å². The van der Waals surface area contributed by atoms with Gasteiger partial charge in [-0.15, -0.1) is 11.3 Å². The quantitative estimate of drug-likeness (QED) is 0.943. The molecule has 2 aromatic rings. The smallest absolute Gasteiger partial charge is 0.184 e. The molecule has 0 bridgehead atoms. The van der Waals surface area contributed by atoms with Gasteiger partial charge in [0.05, 0.1) is 5.69 Å². The highest BCUT2D eigenvalue weighted by molar-refractivity contribution is 9.10. The molecule has 0 aromatic carbocycles. The number of nitrogens with zero attached hydrogens (tertiary/aromatic N) is 3. The van der Waals surface area contributed by atoms with E-state index in [4.69, 9.17) is 0 Å². The number of anilines is 1. The Morgan fingerprint density at radius 3 is 2.93 bits per heavy atom. The second-order valence-electron chi connectivity index (χ2n) is 3.24. The van der Waals surface area contributed by atoms with Gasteiger partial charge in [0.15, 0.2) is 5.13 Å². The van der Waals surface area contributed by atoms with Gasteiger partial charge in [0.1, 0.15) is 4.60 Å². The van der Waals surface area contributed by atoms with E-state index in [1.807, 2.05) is 30.2 Å². The summed E-state index contributed by atoms with van der Waals surface area (Å²) in [6.45, 7) is 2.77. The molecule has 0 saturated carbocycles. The van der Waals surface area contributed by atoms with Gasteiger partial charge < -0.3 is 5.32 Å². The molecule has 1 N–H and O–H groups in total. The van der Waals surface area contributed by atoms with E-state index in [-0.39, 0.29) is 0 Å². The van der Waals surface area contributed by atoms with Crippen molar-refractivity contribution >= 4 is 32.4 Å². The zero-order chi connectivity index (χ0) is 10.8. The fourth-order valence-electron chi connectivity index (χ4n) is 1.33. The van der Waals surface area contributed by atoms with Gasteiger partial charge >= 0.3 is 0 Å². The van der Waals surface area contributed by atoms with Crippen LogP contribution in [-0.2, 0) is 13.6 Å². The summed E-state index contributed by atoms with van der Waals surface area (Å²) in [6.07, 6.45) is 2.02. The summed E-state index contributed by atoms with van der Waals surface area (Å²) in [5.74, 6) is 0. The van der Waals surface area contributed by atoms with E-state index in [1.54, 1.807) is 11.3 Å². The Kier molecular flexibility index (Phi) is 3.06. The minimum Gasteiger partial charge on any atom is -0.357 e. The van der Waals surface area contributed by atoms with Gasteiger partial charge in [-0.2, -0.15) is 5.10 Å². The molecule has 0 amide bonds. The predicted octanol–water partition coefficient (Wildman–Crippen LogP) is 2.56. The van der Waals surface area contributed by atoms with Crippen molar-refractivity contribution in [3.8, 4) is 0 Å². The Labute approximate surface area is 100 Å². The lowest BCUT2D eigenvalue weighted by molar-refractivity contribution is 0.756. The fourth-order valence-corrected chi connectivity index (χ4v) is 2.47. The van der Waals surface area contributed by atoms with E-state index in [1.165, 1.54) is 5.56 Å². The van der Waals surface area contributed by atoms with Gasteiger partial charge in [-0.1, -0.05) is 0 Å². The molecule has 0 atom stereocenters. The van der Waals surface area contributed by atoms with Crippen LogP contribution >= 0.6 is 27.3 Å². The van der Waals surface area contributed by atoms with Crippen LogP contribution in [-0.4, -0.2) is 14.8 Å². The van der Waals surface area contributed by atoms with Gasteiger partial charge in [0.25, 0.3) is 0 Å². The topological polar surface area (TPSA) is 42.7 Å². The van der Waals surface area contributed by atoms with Crippen LogP contribution in [0, 0.1) is 6.92 Å². The van der Waals surface area contributed by atoms with Crippen LogP contribution in [0.15, 0.2) is 16.2 Å². The van der Waals surface area contributed by atoms with Crippen molar-refractivity contribution in [3.63, 3.8) is 0 Å². The first-order valence-electron chi connectivity index (χ1n) is 4.49. The molecule has 0 aliphatic rings. The molecule has 0 unspecified atom stereocenters. The Morgan fingerprint density at radius 2 is 2.40 bits per heavy atom. The predicted molar refractivity (Wildman–Crippen MR) is 65.1 cm³/mol. The molecule has 80 valence electrons. The number of rotatable bonds is 3. The highest BCUT2D eigenvalue weighted by Gasteiger charge is 2.04. The molecule has 0 spiro atoms. The molecular weight excluding hydrogens is 276 g/mol. The van der Waals surface area contributed by atoms with E-state index < -0.39 is 0 Å². The summed E-state index contributed by atoms with van der Waals surface area (Å²) in [7, 11) is 1.93. The van der Waals surface area contributed by atoms with Crippen LogP contribution in [0.3, 0.4) is 0 Å². The summed E-state index contributed by atoms with van der Waals surface area (Å²) in [5.41, 5.74) is 2.25. The number of hydrogen-bond donors (Lipinski definition) is 1. The standard InChI is InChI=1S/C9H11BrN4S/c1-6-7(4-14(2)13-6)3-11-9-12-8(10)5-15-9/h4-5H,3H2,1-2H3,(H,11,12). The van der Waals surface area contributed by atoms with Crippen LogP contribution in [0.2, 0.25) is 0 Å². The van der Waals surface area contributed by atoms with Crippen LogP contribution in [0.4, 0.5) is 5.13 Å². The lowest BCUT2D eigenvalue weighted by Crippen LogP contribution is -1.99. The highest BCUT2D eigenvalue weighted by atomic mass is 79.9. The van der Waals surface area contributed by atoms with Crippen molar-refractivity contribution in [1.29, 1.82) is 0 Å². The number of aromatic nitrogens is 3. The van der Waals surface area contributed by atoms with Crippen LogP contribution < -0.4 is 5.32 Å². The van der Waals surface area contributed by atoms with Crippen molar-refractivity contribution < 1.29 is 0 Å². The SMILES string of the molecule is Cc1nn(C)cc1CNc1nc(Br)cs1. The third kappa shape index (κ3) is 2.57. The van der Waals surface area contributed by atoms with Crippen LogP contribution in [0.1, 0.15) is 11.3 Å². The molecule has 15 heavy (non-hydrogen) atoms. The lowest BCUT2D eigenvalue weighted by atomic mass is 10.3. The largest absolute Gasteiger partial charge is 0.357 e. The summed E-state index contributed by atoms with van der Waals surface area (Å²) in [6, 6.07) is 0. The average molecular weight is 287 g/mol. The number of nitrogens with one attached hydrogen (secondary N) is 1. The third-order valence-corrected chi connectivity index (χ3v) is 3.53. The maximum Gasteiger partial charge on any atom is 0.184 e. The lowest BCUT2D eigenvalue weighted by Gasteiger charge is -1.99. The molecule has 0 saturated heterocycles. The van der Waals surface area contributed by atoms with Gasteiger partial charge in [-0.3, -0.25) is 4.68 Å². The molecule has 0 fully saturated rings. The number of thiazole rings is 1. The molecule has 0 radical (unpaired) electrons.